The van der Waals surface area contributed by atoms with E-state index in [0.717, 1.165) is 24.1 Å². The number of halogens is 1. The molecule has 1 aliphatic heterocycles. The van der Waals surface area contributed by atoms with Crippen molar-refractivity contribution in [2.75, 3.05) is 17.1 Å². The largest absolute Gasteiger partial charge is 0.481 e. The second kappa shape index (κ2) is 10.1. The number of hydrogen-bond acceptors (Lipinski definition) is 3. The normalized spacial score (nSPS) is 24.5. The third-order valence-electron chi connectivity index (χ3n) is 7.08. The molecule has 0 aromatic heterocycles. The highest BCUT2D eigenvalue weighted by molar-refractivity contribution is 7.85. The van der Waals surface area contributed by atoms with Crippen molar-refractivity contribution in [1.29, 1.82) is 0 Å². The lowest BCUT2D eigenvalue weighted by molar-refractivity contribution is -0.159. The van der Waals surface area contributed by atoms with E-state index in [0.29, 0.717) is 30.3 Å². The Labute approximate surface area is 208 Å². The van der Waals surface area contributed by atoms with Crippen molar-refractivity contribution in [3.8, 4) is 0 Å². The van der Waals surface area contributed by atoms with Crippen LogP contribution in [0.15, 0.2) is 54.6 Å². The Balaban J connectivity index is 1.74. The average molecular weight is 503 g/mol. The van der Waals surface area contributed by atoms with Crippen molar-refractivity contribution in [2.24, 2.45) is 11.3 Å². The van der Waals surface area contributed by atoms with E-state index >= 15 is 0 Å². The highest BCUT2D eigenvalue weighted by Crippen LogP contribution is 2.48. The van der Waals surface area contributed by atoms with Gasteiger partial charge in [-0.1, -0.05) is 48.9 Å². The van der Waals surface area contributed by atoms with E-state index in [1.54, 1.807) is 13.2 Å². The third-order valence-corrected chi connectivity index (χ3v) is 8.32. The summed E-state index contributed by atoms with van der Waals surface area (Å²) < 4.78 is 14.6. The van der Waals surface area contributed by atoms with Crippen LogP contribution >= 0.6 is 11.6 Å². The average Bonchev–Trinajstić information content (AvgIpc) is 3.63. The van der Waals surface area contributed by atoms with Crippen LogP contribution in [-0.2, 0) is 20.6 Å². The van der Waals surface area contributed by atoms with Gasteiger partial charge in [-0.2, -0.15) is 0 Å². The number of likely N-dealkylation sites (tertiary alicyclic amines) is 1. The van der Waals surface area contributed by atoms with Gasteiger partial charge in [-0.3, -0.25) is 13.9 Å². The number of amides is 1. The number of carbonyl (C=O) groups is 2. The molecular weight excluding hydrogens is 472 g/mol. The summed E-state index contributed by atoms with van der Waals surface area (Å²) >= 11 is 6.13. The molecule has 34 heavy (non-hydrogen) atoms. The number of benzene rings is 2. The smallest absolute Gasteiger partial charge is 0.304 e. The monoisotopic (exact) mass is 502 g/mol. The molecule has 8 heteroatoms. The molecule has 2 aromatic carbocycles. The molecule has 1 heterocycles. The fourth-order valence-electron chi connectivity index (χ4n) is 5.11. The standard InChI is InChI=1S/C26H31ClN2O4S/c1-26(16-24(30)31)15-14-22(18-10-12-20(27)13-11-18)29(25(26)32)23(19-8-9-19)17-28(34(2)33)21-6-4-3-5-7-21/h3-7,10-13,19,22-23H,8-9,14-17H2,1-2H3,(H,30,31)/t22-,23?,26+,34?/m0/s1. The van der Waals surface area contributed by atoms with Crippen molar-refractivity contribution in [3.05, 3.63) is 65.2 Å². The van der Waals surface area contributed by atoms with Gasteiger partial charge in [-0.15, -0.1) is 0 Å². The number of para-hydroxylation sites is 1. The Morgan fingerprint density at radius 1 is 1.18 bits per heavy atom. The summed E-state index contributed by atoms with van der Waals surface area (Å²) in [5.41, 5.74) is 0.865. The van der Waals surface area contributed by atoms with Crippen LogP contribution in [0.5, 0.6) is 0 Å². The van der Waals surface area contributed by atoms with Crippen LogP contribution in [0.1, 0.15) is 50.6 Å². The molecule has 2 fully saturated rings. The maximum absolute atomic E-state index is 14.0. The molecule has 2 aromatic rings. The summed E-state index contributed by atoms with van der Waals surface area (Å²) in [7, 11) is -1.28. The summed E-state index contributed by atoms with van der Waals surface area (Å²) in [5, 5.41) is 10.2. The number of carboxylic acid groups (broad SMARTS) is 1. The third kappa shape index (κ3) is 5.31. The number of piperidine rings is 1. The van der Waals surface area contributed by atoms with Gasteiger partial charge in [-0.05, 0) is 61.4 Å². The maximum Gasteiger partial charge on any atom is 0.304 e. The number of anilines is 1. The number of hydrogen-bond donors (Lipinski definition) is 1. The van der Waals surface area contributed by atoms with Gasteiger partial charge in [-0.25, -0.2) is 4.21 Å². The SMILES string of the molecule is CS(=O)N(CC(C1CC1)N1C(=O)[C@@](C)(CC(=O)O)CC[C@H]1c1ccc(Cl)cc1)c1ccccc1. The van der Waals surface area contributed by atoms with Gasteiger partial charge in [0.2, 0.25) is 5.91 Å². The van der Waals surface area contributed by atoms with Crippen molar-refractivity contribution >= 4 is 40.2 Å². The van der Waals surface area contributed by atoms with Gasteiger partial charge in [0.05, 0.1) is 30.5 Å². The molecule has 0 radical (unpaired) electrons. The molecule has 4 rings (SSSR count). The zero-order valence-electron chi connectivity index (χ0n) is 19.5. The maximum atomic E-state index is 14.0. The van der Waals surface area contributed by atoms with Crippen LogP contribution in [-0.4, -0.2) is 44.9 Å². The van der Waals surface area contributed by atoms with E-state index in [2.05, 4.69) is 0 Å². The first-order valence-electron chi connectivity index (χ1n) is 11.7. The van der Waals surface area contributed by atoms with E-state index < -0.39 is 22.4 Å². The van der Waals surface area contributed by atoms with E-state index in [9.17, 15) is 18.9 Å². The fourth-order valence-corrected chi connectivity index (χ4v) is 6.02. The highest BCUT2D eigenvalue weighted by atomic mass is 35.5. The first-order chi connectivity index (χ1) is 16.2. The Morgan fingerprint density at radius 3 is 2.38 bits per heavy atom. The van der Waals surface area contributed by atoms with E-state index in [-0.39, 0.29) is 24.4 Å². The molecular formula is C26H31ClN2O4S. The number of carbonyl (C=O) groups excluding carboxylic acids is 1. The Kier molecular flexibility index (Phi) is 7.33. The van der Waals surface area contributed by atoms with E-state index in [1.165, 1.54) is 0 Å². The molecule has 1 amide bonds. The molecule has 0 bridgehead atoms. The number of aliphatic carboxylic acids is 1. The molecule has 1 saturated heterocycles. The van der Waals surface area contributed by atoms with Crippen LogP contribution in [0.4, 0.5) is 5.69 Å². The second-order valence-electron chi connectivity index (χ2n) is 9.67. The Bertz CT molecular complexity index is 1060. The van der Waals surface area contributed by atoms with E-state index in [1.807, 2.05) is 63.8 Å². The Morgan fingerprint density at radius 2 is 1.82 bits per heavy atom. The molecule has 2 aliphatic rings. The molecule has 1 N–H and O–H groups in total. The number of carboxylic acids is 1. The van der Waals surface area contributed by atoms with Crippen LogP contribution in [0.2, 0.25) is 5.02 Å². The molecule has 1 aliphatic carbocycles. The second-order valence-corrected chi connectivity index (χ2v) is 11.4. The lowest BCUT2D eigenvalue weighted by Crippen LogP contribution is -2.57. The van der Waals surface area contributed by atoms with Crippen molar-refractivity contribution in [2.45, 2.75) is 51.1 Å². The number of rotatable bonds is 9. The van der Waals surface area contributed by atoms with Gasteiger partial charge in [0.15, 0.2) is 0 Å². The summed E-state index contributed by atoms with van der Waals surface area (Å²) in [6.07, 6.45) is 4.62. The minimum atomic E-state index is -1.28. The van der Waals surface area contributed by atoms with Crippen molar-refractivity contribution in [3.63, 3.8) is 0 Å². The lowest BCUT2D eigenvalue weighted by Gasteiger charge is -2.49. The predicted octanol–water partition coefficient (Wildman–Crippen LogP) is 5.06. The minimum absolute atomic E-state index is 0.132. The van der Waals surface area contributed by atoms with Gasteiger partial charge in [0.1, 0.15) is 11.0 Å². The summed E-state index contributed by atoms with van der Waals surface area (Å²) in [6, 6.07) is 16.8. The van der Waals surface area contributed by atoms with Crippen molar-refractivity contribution < 1.29 is 18.9 Å². The van der Waals surface area contributed by atoms with Gasteiger partial charge in [0, 0.05) is 17.0 Å². The molecule has 6 nitrogen and oxygen atoms in total. The topological polar surface area (TPSA) is 77.9 Å². The first kappa shape index (κ1) is 24.7. The van der Waals surface area contributed by atoms with Crippen LogP contribution in [0.25, 0.3) is 0 Å². The molecule has 4 atom stereocenters. The van der Waals surface area contributed by atoms with Crippen LogP contribution in [0.3, 0.4) is 0 Å². The van der Waals surface area contributed by atoms with Gasteiger partial charge >= 0.3 is 5.97 Å². The zero-order valence-corrected chi connectivity index (χ0v) is 21.1. The zero-order chi connectivity index (χ0) is 24.5. The molecule has 182 valence electrons. The summed E-state index contributed by atoms with van der Waals surface area (Å²) in [4.78, 5) is 27.6. The molecule has 0 spiro atoms. The van der Waals surface area contributed by atoms with Crippen molar-refractivity contribution in [1.82, 2.24) is 4.90 Å². The molecule has 2 unspecified atom stereocenters. The van der Waals surface area contributed by atoms with Gasteiger partial charge in [0.25, 0.3) is 0 Å². The van der Waals surface area contributed by atoms with Crippen LogP contribution < -0.4 is 4.31 Å². The van der Waals surface area contributed by atoms with Crippen LogP contribution in [0, 0.1) is 11.3 Å². The summed E-state index contributed by atoms with van der Waals surface area (Å²) in [6.45, 7) is 2.20. The number of nitrogens with zero attached hydrogens (tertiary/aromatic N) is 2. The first-order valence-corrected chi connectivity index (χ1v) is 13.5. The predicted molar refractivity (Wildman–Crippen MR) is 135 cm³/mol. The quantitative estimate of drug-likeness (QED) is 0.519. The Hall–Kier alpha value is -2.38. The summed E-state index contributed by atoms with van der Waals surface area (Å²) in [5.74, 6) is -0.808. The van der Waals surface area contributed by atoms with Gasteiger partial charge < -0.3 is 10.0 Å². The highest BCUT2D eigenvalue weighted by Gasteiger charge is 2.51. The van der Waals surface area contributed by atoms with E-state index in [4.69, 9.17) is 11.6 Å². The molecule has 1 saturated carbocycles. The minimum Gasteiger partial charge on any atom is -0.481 e. The fraction of sp³-hybridized carbons (Fsp3) is 0.462. The lowest BCUT2D eigenvalue weighted by atomic mass is 9.74.